The van der Waals surface area contributed by atoms with Crippen molar-refractivity contribution in [2.75, 3.05) is 5.32 Å². The molecule has 1 rings (SSSR count). The highest BCUT2D eigenvalue weighted by Gasteiger charge is 2.01. The molecule has 0 saturated carbocycles. The lowest BCUT2D eigenvalue weighted by molar-refractivity contribution is 0.898. The van der Waals surface area contributed by atoms with Gasteiger partial charge >= 0.3 is 0 Å². The van der Waals surface area contributed by atoms with E-state index < -0.39 is 0 Å². The lowest BCUT2D eigenvalue weighted by Crippen LogP contribution is -2.10. The fourth-order valence-corrected chi connectivity index (χ4v) is 1.65. The molecular weight excluding hydrogens is 228 g/mol. The van der Waals surface area contributed by atoms with E-state index in [1.54, 1.807) is 0 Å². The van der Waals surface area contributed by atoms with Crippen molar-refractivity contribution in [1.82, 2.24) is 0 Å². The Morgan fingerprint density at radius 2 is 2.15 bits per heavy atom. The van der Waals surface area contributed by atoms with Crippen molar-refractivity contribution in [3.8, 4) is 0 Å². The number of anilines is 1. The molecule has 0 spiro atoms. The van der Waals surface area contributed by atoms with Gasteiger partial charge in [-0.3, -0.25) is 0 Å². The summed E-state index contributed by atoms with van der Waals surface area (Å²) in [6.07, 6.45) is 0. The molecule has 0 aromatic heterocycles. The van der Waals surface area contributed by atoms with E-state index in [2.05, 4.69) is 35.1 Å². The molecule has 3 N–H and O–H groups in total. The van der Waals surface area contributed by atoms with Gasteiger partial charge in [0, 0.05) is 22.7 Å². The van der Waals surface area contributed by atoms with Crippen molar-refractivity contribution in [3.05, 3.63) is 28.2 Å². The predicted octanol–water partition coefficient (Wildman–Crippen LogP) is 2.73. The second kappa shape index (κ2) is 4.63. The molecule has 0 radical (unpaired) electrons. The summed E-state index contributed by atoms with van der Waals surface area (Å²) in [6.45, 7) is 4.81. The Morgan fingerprint density at radius 3 is 2.62 bits per heavy atom. The van der Waals surface area contributed by atoms with Crippen LogP contribution in [0.5, 0.6) is 0 Å². The molecule has 13 heavy (non-hydrogen) atoms. The number of nitrogens with one attached hydrogen (secondary N) is 1. The molecule has 0 fully saturated rings. The van der Waals surface area contributed by atoms with Gasteiger partial charge in [-0.15, -0.1) is 0 Å². The molecule has 0 saturated heterocycles. The Kier molecular flexibility index (Phi) is 3.75. The molecule has 3 heteroatoms. The van der Waals surface area contributed by atoms with Crippen LogP contribution in [-0.2, 0) is 6.54 Å². The summed E-state index contributed by atoms with van der Waals surface area (Å²) in [7, 11) is 0. The van der Waals surface area contributed by atoms with Gasteiger partial charge in [0.1, 0.15) is 0 Å². The normalized spacial score (nSPS) is 10.5. The van der Waals surface area contributed by atoms with Crippen molar-refractivity contribution in [2.45, 2.75) is 26.4 Å². The summed E-state index contributed by atoms with van der Waals surface area (Å²) in [4.78, 5) is 0. The maximum absolute atomic E-state index is 5.53. The van der Waals surface area contributed by atoms with Gasteiger partial charge < -0.3 is 11.1 Å². The van der Waals surface area contributed by atoms with Crippen LogP contribution in [0.25, 0.3) is 0 Å². The van der Waals surface area contributed by atoms with Crippen LogP contribution in [0.1, 0.15) is 19.4 Å². The molecule has 2 nitrogen and oxygen atoms in total. The van der Waals surface area contributed by atoms with Gasteiger partial charge in [-0.1, -0.05) is 6.07 Å². The van der Waals surface area contributed by atoms with Crippen molar-refractivity contribution >= 4 is 21.6 Å². The Hall–Kier alpha value is -0.540. The van der Waals surface area contributed by atoms with Gasteiger partial charge in [0.05, 0.1) is 0 Å². The van der Waals surface area contributed by atoms with E-state index in [1.165, 1.54) is 0 Å². The average Bonchev–Trinajstić information content (AvgIpc) is 2.08. The monoisotopic (exact) mass is 242 g/mol. The molecule has 1 aromatic carbocycles. The van der Waals surface area contributed by atoms with E-state index in [4.69, 9.17) is 5.73 Å². The number of nitrogens with two attached hydrogens (primary N) is 1. The maximum atomic E-state index is 5.53. The Labute approximate surface area is 87.6 Å². The van der Waals surface area contributed by atoms with Crippen molar-refractivity contribution < 1.29 is 0 Å². The van der Waals surface area contributed by atoms with Crippen LogP contribution in [0.3, 0.4) is 0 Å². The average molecular weight is 243 g/mol. The first kappa shape index (κ1) is 10.5. The van der Waals surface area contributed by atoms with Gasteiger partial charge in [0.2, 0.25) is 0 Å². The third kappa shape index (κ3) is 3.01. The Morgan fingerprint density at radius 1 is 1.46 bits per heavy atom. The largest absolute Gasteiger partial charge is 0.382 e. The summed E-state index contributed by atoms with van der Waals surface area (Å²) in [6, 6.07) is 6.58. The van der Waals surface area contributed by atoms with Crippen molar-refractivity contribution in [2.24, 2.45) is 5.73 Å². The SMILES string of the molecule is CC(C)Nc1ccc(CN)cc1Br. The highest BCUT2D eigenvalue weighted by molar-refractivity contribution is 9.10. The number of hydrogen-bond donors (Lipinski definition) is 2. The second-order valence-corrected chi connectivity index (χ2v) is 4.17. The van der Waals surface area contributed by atoms with E-state index in [-0.39, 0.29) is 0 Å². The Bertz CT molecular complexity index is 284. The molecule has 1 aromatic rings. The van der Waals surface area contributed by atoms with Crippen LogP contribution >= 0.6 is 15.9 Å². The van der Waals surface area contributed by atoms with Gasteiger partial charge in [-0.25, -0.2) is 0 Å². The Balaban J connectivity index is 2.85. The summed E-state index contributed by atoms with van der Waals surface area (Å²) >= 11 is 3.50. The first-order valence-electron chi connectivity index (χ1n) is 4.38. The molecule has 0 bridgehead atoms. The van der Waals surface area contributed by atoms with Crippen LogP contribution < -0.4 is 11.1 Å². The minimum Gasteiger partial charge on any atom is -0.382 e. The zero-order valence-electron chi connectivity index (χ0n) is 7.97. The first-order valence-corrected chi connectivity index (χ1v) is 5.18. The standard InChI is InChI=1S/C10H15BrN2/c1-7(2)13-10-4-3-8(6-12)5-9(10)11/h3-5,7,13H,6,12H2,1-2H3. The molecule has 0 heterocycles. The summed E-state index contributed by atoms with van der Waals surface area (Å²) in [5, 5.41) is 3.34. The van der Waals surface area contributed by atoms with E-state index in [9.17, 15) is 0 Å². The summed E-state index contributed by atoms with van der Waals surface area (Å²) < 4.78 is 1.07. The van der Waals surface area contributed by atoms with Crippen LogP contribution in [0.4, 0.5) is 5.69 Å². The minimum atomic E-state index is 0.444. The molecule has 0 unspecified atom stereocenters. The van der Waals surface area contributed by atoms with Gasteiger partial charge in [-0.05, 0) is 47.5 Å². The maximum Gasteiger partial charge on any atom is 0.0486 e. The zero-order chi connectivity index (χ0) is 9.84. The molecule has 0 aliphatic rings. The second-order valence-electron chi connectivity index (χ2n) is 3.32. The third-order valence-electron chi connectivity index (χ3n) is 1.71. The smallest absolute Gasteiger partial charge is 0.0486 e. The first-order chi connectivity index (χ1) is 6.13. The van der Waals surface area contributed by atoms with Crippen molar-refractivity contribution in [1.29, 1.82) is 0 Å². The number of rotatable bonds is 3. The number of hydrogen-bond acceptors (Lipinski definition) is 2. The molecule has 0 atom stereocenters. The number of halogens is 1. The van der Waals surface area contributed by atoms with Gasteiger partial charge in [0.25, 0.3) is 0 Å². The van der Waals surface area contributed by atoms with E-state index in [0.717, 1.165) is 15.7 Å². The lowest BCUT2D eigenvalue weighted by atomic mass is 10.2. The minimum absolute atomic E-state index is 0.444. The highest BCUT2D eigenvalue weighted by atomic mass is 79.9. The van der Waals surface area contributed by atoms with E-state index >= 15 is 0 Å². The topological polar surface area (TPSA) is 38.0 Å². The van der Waals surface area contributed by atoms with E-state index in [1.807, 2.05) is 18.2 Å². The van der Waals surface area contributed by atoms with E-state index in [0.29, 0.717) is 12.6 Å². The van der Waals surface area contributed by atoms with Crippen molar-refractivity contribution in [3.63, 3.8) is 0 Å². The number of benzene rings is 1. The molecule has 0 aliphatic carbocycles. The molecular formula is C10H15BrN2. The molecule has 0 aliphatic heterocycles. The zero-order valence-corrected chi connectivity index (χ0v) is 9.56. The highest BCUT2D eigenvalue weighted by Crippen LogP contribution is 2.23. The molecule has 72 valence electrons. The molecule has 0 amide bonds. The summed E-state index contributed by atoms with van der Waals surface area (Å²) in [5.74, 6) is 0. The van der Waals surface area contributed by atoms with Crippen LogP contribution in [0.15, 0.2) is 22.7 Å². The van der Waals surface area contributed by atoms with Gasteiger partial charge in [0.15, 0.2) is 0 Å². The lowest BCUT2D eigenvalue weighted by Gasteiger charge is -2.12. The van der Waals surface area contributed by atoms with Crippen LogP contribution in [0, 0.1) is 0 Å². The third-order valence-corrected chi connectivity index (χ3v) is 2.37. The quantitative estimate of drug-likeness (QED) is 0.856. The van der Waals surface area contributed by atoms with Gasteiger partial charge in [-0.2, -0.15) is 0 Å². The van der Waals surface area contributed by atoms with Crippen LogP contribution in [0.2, 0.25) is 0 Å². The fraction of sp³-hybridized carbons (Fsp3) is 0.400. The predicted molar refractivity (Wildman–Crippen MR) is 60.8 cm³/mol. The van der Waals surface area contributed by atoms with Crippen LogP contribution in [-0.4, -0.2) is 6.04 Å². The fourth-order valence-electron chi connectivity index (χ4n) is 1.11. The summed E-state index contributed by atoms with van der Waals surface area (Å²) in [5.41, 5.74) is 7.79.